The van der Waals surface area contributed by atoms with E-state index in [1.807, 2.05) is 0 Å². The van der Waals surface area contributed by atoms with E-state index >= 15 is 0 Å². The molecule has 0 aromatic carbocycles. The molecule has 10 heavy (non-hydrogen) atoms. The van der Waals surface area contributed by atoms with E-state index in [2.05, 4.69) is 6.58 Å². The maximum absolute atomic E-state index is 9.89. The van der Waals surface area contributed by atoms with E-state index in [4.69, 9.17) is 5.11 Å². The van der Waals surface area contributed by atoms with Crippen LogP contribution in [0.4, 0.5) is 0 Å². The summed E-state index contributed by atoms with van der Waals surface area (Å²) >= 11 is 0. The van der Waals surface area contributed by atoms with Gasteiger partial charge < -0.3 is 5.11 Å². The van der Waals surface area contributed by atoms with Gasteiger partial charge in [0.1, 0.15) is 0 Å². The molecule has 0 aliphatic rings. The first kappa shape index (κ1) is 9.37. The Kier molecular flexibility index (Phi) is 6.08. The number of rotatable bonds is 6. The van der Waals surface area contributed by atoms with Gasteiger partial charge in [-0.05, 0) is 24.8 Å². The third-order valence-electron chi connectivity index (χ3n) is 1.28. The predicted molar refractivity (Wildman–Crippen MR) is 40.4 cm³/mol. The van der Waals surface area contributed by atoms with E-state index in [1.165, 1.54) is 0 Å². The van der Waals surface area contributed by atoms with Gasteiger partial charge in [-0.2, -0.15) is 0 Å². The quantitative estimate of drug-likeness (QED) is 0.446. The Morgan fingerprint density at radius 1 is 1.40 bits per heavy atom. The third-order valence-corrected chi connectivity index (χ3v) is 1.28. The lowest BCUT2D eigenvalue weighted by molar-refractivity contribution is 0.283. The van der Waals surface area contributed by atoms with Gasteiger partial charge in [0, 0.05) is 6.61 Å². The first-order chi connectivity index (χ1) is 4.81. The lowest BCUT2D eigenvalue weighted by atomic mass is 10.1. The van der Waals surface area contributed by atoms with Crippen molar-refractivity contribution < 1.29 is 9.90 Å². The number of allylic oxidation sites excluding steroid dienone is 1. The second-order valence-electron chi connectivity index (χ2n) is 2.24. The van der Waals surface area contributed by atoms with Crippen molar-refractivity contribution in [3.05, 3.63) is 12.2 Å². The Labute approximate surface area is 61.6 Å². The Bertz CT molecular complexity index is 108. The average molecular weight is 141 g/mol. The van der Waals surface area contributed by atoms with Crippen molar-refractivity contribution in [3.8, 4) is 0 Å². The molecule has 0 spiro atoms. The van der Waals surface area contributed by atoms with E-state index < -0.39 is 0 Å². The van der Waals surface area contributed by atoms with Crippen molar-refractivity contribution in [2.75, 3.05) is 6.61 Å². The van der Waals surface area contributed by atoms with Crippen LogP contribution in [0.15, 0.2) is 12.2 Å². The van der Waals surface area contributed by atoms with Crippen LogP contribution in [0.2, 0.25) is 0 Å². The maximum Gasteiger partial charge on any atom is 0.228 e. The van der Waals surface area contributed by atoms with Crippen LogP contribution >= 0.6 is 0 Å². The SMILES string of the molecule is C=C([C]=O)CCCCCO. The highest BCUT2D eigenvalue weighted by atomic mass is 16.2. The van der Waals surface area contributed by atoms with Gasteiger partial charge in [-0.1, -0.05) is 13.0 Å². The highest BCUT2D eigenvalue weighted by molar-refractivity contribution is 5.72. The zero-order chi connectivity index (χ0) is 7.82. The summed E-state index contributed by atoms with van der Waals surface area (Å²) in [6, 6.07) is 0. The Balaban J connectivity index is 3.03. The molecule has 0 aromatic heterocycles. The molecule has 0 aliphatic carbocycles. The first-order valence-corrected chi connectivity index (χ1v) is 3.48. The van der Waals surface area contributed by atoms with Crippen LogP contribution in [-0.2, 0) is 4.79 Å². The predicted octanol–water partition coefficient (Wildman–Crippen LogP) is 1.20. The van der Waals surface area contributed by atoms with Crippen LogP contribution in [0.5, 0.6) is 0 Å². The molecule has 0 rings (SSSR count). The first-order valence-electron chi connectivity index (χ1n) is 3.48. The molecule has 1 N–H and O–H groups in total. The molecule has 0 unspecified atom stereocenters. The number of carbonyl (C=O) groups excluding carboxylic acids is 1. The van der Waals surface area contributed by atoms with Gasteiger partial charge in [-0.25, -0.2) is 0 Å². The molecule has 0 heterocycles. The molecule has 0 fully saturated rings. The fraction of sp³-hybridized carbons (Fsp3) is 0.625. The van der Waals surface area contributed by atoms with Crippen molar-refractivity contribution in [3.63, 3.8) is 0 Å². The van der Waals surface area contributed by atoms with Crippen molar-refractivity contribution in [1.29, 1.82) is 0 Å². The van der Waals surface area contributed by atoms with Gasteiger partial charge in [0.15, 0.2) is 0 Å². The second kappa shape index (κ2) is 6.49. The third kappa shape index (κ3) is 5.51. The van der Waals surface area contributed by atoms with Gasteiger partial charge in [0.05, 0.1) is 0 Å². The standard InChI is InChI=1S/C8H13O2/c1-8(7-10)5-3-2-4-6-9/h9H,1-6H2. The van der Waals surface area contributed by atoms with Crippen LogP contribution in [0.3, 0.4) is 0 Å². The average Bonchev–Trinajstić information content (AvgIpc) is 1.98. The number of unbranched alkanes of at least 4 members (excludes halogenated alkanes) is 2. The van der Waals surface area contributed by atoms with Gasteiger partial charge in [0.2, 0.25) is 6.29 Å². The minimum Gasteiger partial charge on any atom is -0.396 e. The maximum atomic E-state index is 9.89. The molecular weight excluding hydrogens is 128 g/mol. The molecule has 2 heteroatoms. The second-order valence-corrected chi connectivity index (χ2v) is 2.24. The monoisotopic (exact) mass is 141 g/mol. The summed E-state index contributed by atoms with van der Waals surface area (Å²) in [6.07, 6.45) is 5.14. The topological polar surface area (TPSA) is 37.3 Å². The molecular formula is C8H13O2. The van der Waals surface area contributed by atoms with E-state index in [0.29, 0.717) is 12.0 Å². The van der Waals surface area contributed by atoms with Crippen LogP contribution in [0.1, 0.15) is 25.7 Å². The number of hydrogen-bond donors (Lipinski definition) is 1. The molecule has 2 nitrogen and oxygen atoms in total. The van der Waals surface area contributed by atoms with E-state index in [0.717, 1.165) is 19.3 Å². The normalized spacial score (nSPS) is 9.30. The van der Waals surface area contributed by atoms with E-state index in [-0.39, 0.29) is 6.61 Å². The van der Waals surface area contributed by atoms with Crippen LogP contribution in [0, 0.1) is 0 Å². The lowest BCUT2D eigenvalue weighted by Crippen LogP contribution is -1.85. The van der Waals surface area contributed by atoms with Crippen molar-refractivity contribution in [2.24, 2.45) is 0 Å². The van der Waals surface area contributed by atoms with Crippen LogP contribution in [-0.4, -0.2) is 18.0 Å². The molecule has 0 saturated heterocycles. The molecule has 0 atom stereocenters. The molecule has 0 aliphatic heterocycles. The highest BCUT2D eigenvalue weighted by Gasteiger charge is 1.92. The zero-order valence-corrected chi connectivity index (χ0v) is 6.10. The molecule has 0 amide bonds. The summed E-state index contributed by atoms with van der Waals surface area (Å²) in [5.41, 5.74) is 0.526. The largest absolute Gasteiger partial charge is 0.396 e. The molecule has 0 aromatic rings. The Morgan fingerprint density at radius 3 is 2.60 bits per heavy atom. The summed E-state index contributed by atoms with van der Waals surface area (Å²) in [7, 11) is 0. The summed E-state index contributed by atoms with van der Waals surface area (Å²) in [5, 5.41) is 8.39. The van der Waals surface area contributed by atoms with E-state index in [1.54, 1.807) is 6.29 Å². The number of aliphatic hydroxyl groups excluding tert-OH is 1. The van der Waals surface area contributed by atoms with Crippen molar-refractivity contribution in [1.82, 2.24) is 0 Å². The summed E-state index contributed by atoms with van der Waals surface area (Å²) in [6.45, 7) is 3.72. The number of aliphatic hydroxyl groups is 1. The Morgan fingerprint density at radius 2 is 2.10 bits per heavy atom. The summed E-state index contributed by atoms with van der Waals surface area (Å²) < 4.78 is 0. The fourth-order valence-corrected chi connectivity index (χ4v) is 0.678. The summed E-state index contributed by atoms with van der Waals surface area (Å²) in [4.78, 5) is 9.89. The van der Waals surface area contributed by atoms with Crippen molar-refractivity contribution in [2.45, 2.75) is 25.7 Å². The zero-order valence-electron chi connectivity index (χ0n) is 6.10. The molecule has 1 radical (unpaired) electrons. The molecule has 0 bridgehead atoms. The van der Waals surface area contributed by atoms with Gasteiger partial charge in [-0.3, -0.25) is 4.79 Å². The van der Waals surface area contributed by atoms with Crippen LogP contribution in [0.25, 0.3) is 0 Å². The smallest absolute Gasteiger partial charge is 0.228 e. The van der Waals surface area contributed by atoms with Gasteiger partial charge in [-0.15, -0.1) is 0 Å². The minimum absolute atomic E-state index is 0.233. The van der Waals surface area contributed by atoms with E-state index in [9.17, 15) is 4.79 Å². The highest BCUT2D eigenvalue weighted by Crippen LogP contribution is 2.03. The fourth-order valence-electron chi connectivity index (χ4n) is 0.678. The lowest BCUT2D eigenvalue weighted by Gasteiger charge is -1.95. The number of hydrogen-bond acceptors (Lipinski definition) is 2. The van der Waals surface area contributed by atoms with Crippen LogP contribution < -0.4 is 0 Å². The molecule has 57 valence electrons. The van der Waals surface area contributed by atoms with Crippen molar-refractivity contribution >= 4 is 6.29 Å². The minimum atomic E-state index is 0.233. The Hall–Kier alpha value is -0.630. The molecule has 0 saturated carbocycles. The van der Waals surface area contributed by atoms with Gasteiger partial charge in [0.25, 0.3) is 0 Å². The summed E-state index contributed by atoms with van der Waals surface area (Å²) in [5.74, 6) is 0. The van der Waals surface area contributed by atoms with Gasteiger partial charge >= 0.3 is 0 Å².